The molecule has 6 nitrogen and oxygen atoms in total. The van der Waals surface area contributed by atoms with E-state index in [0.29, 0.717) is 13.1 Å². The molecule has 122 valence electrons. The van der Waals surface area contributed by atoms with Crippen LogP contribution in [0.5, 0.6) is 0 Å². The van der Waals surface area contributed by atoms with Gasteiger partial charge in [0.25, 0.3) is 11.5 Å². The number of nitrogens with one attached hydrogen (secondary N) is 2. The third-order valence-electron chi connectivity index (χ3n) is 3.68. The summed E-state index contributed by atoms with van der Waals surface area (Å²) in [6.07, 6.45) is 3.66. The second-order valence-electron chi connectivity index (χ2n) is 5.59. The minimum Gasteiger partial charge on any atom is -0.348 e. The minimum atomic E-state index is -0.378. The molecule has 2 N–H and O–H groups in total. The van der Waals surface area contributed by atoms with Gasteiger partial charge < -0.3 is 10.3 Å². The number of benzene rings is 1. The molecule has 0 aliphatic carbocycles. The monoisotopic (exact) mass is 322 g/mol. The van der Waals surface area contributed by atoms with Gasteiger partial charge in [-0.3, -0.25) is 14.3 Å². The Balaban J connectivity index is 1.60. The molecule has 3 rings (SSSR count). The lowest BCUT2D eigenvalue weighted by molar-refractivity contribution is 0.0949. The molecule has 1 amide bonds. The number of hydrogen-bond acceptors (Lipinski definition) is 3. The van der Waals surface area contributed by atoms with Crippen molar-refractivity contribution in [2.24, 2.45) is 0 Å². The van der Waals surface area contributed by atoms with Crippen LogP contribution in [0, 0.1) is 6.92 Å². The molecule has 0 saturated carbocycles. The van der Waals surface area contributed by atoms with Crippen molar-refractivity contribution in [1.82, 2.24) is 20.1 Å². The largest absolute Gasteiger partial charge is 0.348 e. The summed E-state index contributed by atoms with van der Waals surface area (Å²) in [4.78, 5) is 26.5. The van der Waals surface area contributed by atoms with Gasteiger partial charge in [0.2, 0.25) is 0 Å². The number of carbonyl (C=O) groups is 1. The molecular formula is C18H18N4O2. The highest BCUT2D eigenvalue weighted by atomic mass is 16.2. The number of aryl methyl sites for hydroxylation is 1. The van der Waals surface area contributed by atoms with Crippen LogP contribution < -0.4 is 10.9 Å². The molecule has 0 spiro atoms. The highest BCUT2D eigenvalue weighted by Gasteiger charge is 2.09. The number of aromatic amines is 1. The van der Waals surface area contributed by atoms with Gasteiger partial charge in [0, 0.05) is 24.6 Å². The van der Waals surface area contributed by atoms with E-state index in [1.54, 1.807) is 19.2 Å². The van der Waals surface area contributed by atoms with Crippen molar-refractivity contribution in [1.29, 1.82) is 0 Å². The molecule has 2 heterocycles. The summed E-state index contributed by atoms with van der Waals surface area (Å²) < 4.78 is 1.85. The SMILES string of the molecule is Cc1ccc(C(=O)NCc2ccc(Cn3cccn3)cc2)c(=O)[nH]1. The van der Waals surface area contributed by atoms with Gasteiger partial charge in [-0.1, -0.05) is 24.3 Å². The lowest BCUT2D eigenvalue weighted by Gasteiger charge is -2.07. The molecule has 0 bridgehead atoms. The Kier molecular flexibility index (Phi) is 4.56. The molecule has 1 aromatic carbocycles. The van der Waals surface area contributed by atoms with Gasteiger partial charge >= 0.3 is 0 Å². The molecule has 0 unspecified atom stereocenters. The number of rotatable bonds is 5. The molecule has 0 atom stereocenters. The van der Waals surface area contributed by atoms with Crippen LogP contribution >= 0.6 is 0 Å². The van der Waals surface area contributed by atoms with E-state index in [1.807, 2.05) is 41.2 Å². The fraction of sp³-hybridized carbons (Fsp3) is 0.167. The third-order valence-corrected chi connectivity index (χ3v) is 3.68. The number of nitrogens with zero attached hydrogens (tertiary/aromatic N) is 2. The maximum atomic E-state index is 12.1. The Labute approximate surface area is 139 Å². The average molecular weight is 322 g/mol. The van der Waals surface area contributed by atoms with Gasteiger partial charge in [0.15, 0.2) is 0 Å². The van der Waals surface area contributed by atoms with Crippen molar-refractivity contribution in [2.45, 2.75) is 20.0 Å². The average Bonchev–Trinajstić information content (AvgIpc) is 3.07. The molecule has 0 aliphatic heterocycles. The first kappa shape index (κ1) is 15.7. The molecule has 0 radical (unpaired) electrons. The van der Waals surface area contributed by atoms with Crippen molar-refractivity contribution in [3.8, 4) is 0 Å². The zero-order valence-corrected chi connectivity index (χ0v) is 13.3. The molecule has 3 aromatic rings. The van der Waals surface area contributed by atoms with Gasteiger partial charge in [-0.2, -0.15) is 5.10 Å². The van der Waals surface area contributed by atoms with E-state index in [9.17, 15) is 9.59 Å². The smallest absolute Gasteiger partial charge is 0.260 e. The molecule has 0 saturated heterocycles. The molecule has 24 heavy (non-hydrogen) atoms. The highest BCUT2D eigenvalue weighted by Crippen LogP contribution is 2.06. The Hall–Kier alpha value is -3.15. The standard InChI is InChI=1S/C18H18N4O2/c1-13-3-8-16(18(24)21-13)17(23)19-11-14-4-6-15(7-5-14)12-22-10-2-9-20-22/h2-10H,11-12H2,1H3,(H,19,23)(H,21,24). The number of hydrogen-bond donors (Lipinski definition) is 2. The van der Waals surface area contributed by atoms with Gasteiger partial charge in [-0.15, -0.1) is 0 Å². The van der Waals surface area contributed by atoms with Gasteiger partial charge in [0.05, 0.1) is 6.54 Å². The van der Waals surface area contributed by atoms with E-state index in [4.69, 9.17) is 0 Å². The number of H-pyrrole nitrogens is 1. The first-order chi connectivity index (χ1) is 11.6. The van der Waals surface area contributed by atoms with E-state index < -0.39 is 0 Å². The van der Waals surface area contributed by atoms with Crippen molar-refractivity contribution in [3.63, 3.8) is 0 Å². The van der Waals surface area contributed by atoms with E-state index in [0.717, 1.165) is 16.8 Å². The van der Waals surface area contributed by atoms with Crippen LogP contribution in [0.25, 0.3) is 0 Å². The normalized spacial score (nSPS) is 10.5. The number of carbonyl (C=O) groups excluding carboxylic acids is 1. The van der Waals surface area contributed by atoms with Crippen molar-refractivity contribution < 1.29 is 4.79 Å². The number of amides is 1. The Bertz CT molecular complexity index is 880. The molecule has 0 fully saturated rings. The summed E-state index contributed by atoms with van der Waals surface area (Å²) in [5, 5.41) is 6.93. The van der Waals surface area contributed by atoms with Crippen LogP contribution in [0.2, 0.25) is 0 Å². The topological polar surface area (TPSA) is 79.8 Å². The zero-order valence-electron chi connectivity index (χ0n) is 13.3. The maximum absolute atomic E-state index is 12.1. The van der Waals surface area contributed by atoms with Gasteiger partial charge in [0.1, 0.15) is 5.56 Å². The second kappa shape index (κ2) is 6.95. The molecule has 0 aliphatic rings. The van der Waals surface area contributed by atoms with Crippen molar-refractivity contribution in [2.75, 3.05) is 0 Å². The lowest BCUT2D eigenvalue weighted by atomic mass is 10.1. The van der Waals surface area contributed by atoms with E-state index in [-0.39, 0.29) is 17.0 Å². The summed E-state index contributed by atoms with van der Waals surface area (Å²) in [7, 11) is 0. The highest BCUT2D eigenvalue weighted by molar-refractivity contribution is 5.93. The second-order valence-corrected chi connectivity index (χ2v) is 5.59. The predicted molar refractivity (Wildman–Crippen MR) is 90.7 cm³/mol. The van der Waals surface area contributed by atoms with E-state index >= 15 is 0 Å². The first-order valence-electron chi connectivity index (χ1n) is 7.65. The van der Waals surface area contributed by atoms with Crippen LogP contribution in [0.4, 0.5) is 0 Å². The van der Waals surface area contributed by atoms with Gasteiger partial charge in [-0.05, 0) is 36.2 Å². The third kappa shape index (κ3) is 3.78. The van der Waals surface area contributed by atoms with Crippen molar-refractivity contribution in [3.05, 3.63) is 87.6 Å². The fourth-order valence-electron chi connectivity index (χ4n) is 2.37. The quantitative estimate of drug-likeness (QED) is 0.752. The summed E-state index contributed by atoms with van der Waals surface area (Å²) in [5.41, 5.74) is 2.57. The maximum Gasteiger partial charge on any atom is 0.260 e. The fourth-order valence-corrected chi connectivity index (χ4v) is 2.37. The Morgan fingerprint density at radius 2 is 1.92 bits per heavy atom. The number of aromatic nitrogens is 3. The number of pyridine rings is 1. The lowest BCUT2D eigenvalue weighted by Crippen LogP contribution is -2.29. The molecular weight excluding hydrogens is 304 g/mol. The van der Waals surface area contributed by atoms with E-state index in [1.165, 1.54) is 6.07 Å². The Morgan fingerprint density at radius 1 is 1.17 bits per heavy atom. The van der Waals surface area contributed by atoms with Gasteiger partial charge in [-0.25, -0.2) is 0 Å². The van der Waals surface area contributed by atoms with Crippen LogP contribution in [-0.2, 0) is 13.1 Å². The summed E-state index contributed by atoms with van der Waals surface area (Å²) >= 11 is 0. The van der Waals surface area contributed by atoms with Crippen LogP contribution in [-0.4, -0.2) is 20.7 Å². The summed E-state index contributed by atoms with van der Waals surface area (Å²) in [5.74, 6) is -0.378. The first-order valence-corrected chi connectivity index (χ1v) is 7.65. The Morgan fingerprint density at radius 3 is 2.58 bits per heavy atom. The summed E-state index contributed by atoms with van der Waals surface area (Å²) in [6.45, 7) is 2.85. The van der Waals surface area contributed by atoms with Crippen LogP contribution in [0.15, 0.2) is 59.7 Å². The zero-order chi connectivity index (χ0) is 16.9. The van der Waals surface area contributed by atoms with E-state index in [2.05, 4.69) is 15.4 Å². The molecule has 6 heteroatoms. The minimum absolute atomic E-state index is 0.121. The van der Waals surface area contributed by atoms with Crippen LogP contribution in [0.3, 0.4) is 0 Å². The van der Waals surface area contributed by atoms with Crippen LogP contribution in [0.1, 0.15) is 27.2 Å². The van der Waals surface area contributed by atoms with Crippen molar-refractivity contribution >= 4 is 5.91 Å². The summed E-state index contributed by atoms with van der Waals surface area (Å²) in [6, 6.07) is 13.1. The predicted octanol–water partition coefficient (Wildman–Crippen LogP) is 1.86. The molecule has 2 aromatic heterocycles.